The molecule has 242 valence electrons. The van der Waals surface area contributed by atoms with E-state index in [2.05, 4.69) is 10.6 Å². The van der Waals surface area contributed by atoms with E-state index in [0.29, 0.717) is 12.8 Å². The molecule has 4 rings (SSSR count). The fraction of sp³-hybridized carbons (Fsp3) is 0.429. The first-order valence-corrected chi connectivity index (χ1v) is 15.3. The summed E-state index contributed by atoms with van der Waals surface area (Å²) < 4.78 is 5.41. The highest BCUT2D eigenvalue weighted by molar-refractivity contribution is 5.68. The molecule has 45 heavy (non-hydrogen) atoms. The van der Waals surface area contributed by atoms with E-state index in [0.717, 1.165) is 22.3 Å². The molecule has 3 aromatic rings. The number of carboxylic acid groups (broad SMARTS) is 1. The van der Waals surface area contributed by atoms with Gasteiger partial charge in [0, 0.05) is 19.5 Å². The molecule has 0 saturated heterocycles. The Balaban J connectivity index is 1.50. The van der Waals surface area contributed by atoms with Gasteiger partial charge in [0.05, 0.1) is 36.4 Å². The van der Waals surface area contributed by atoms with Crippen LogP contribution in [0, 0.1) is 0 Å². The number of amides is 2. The van der Waals surface area contributed by atoms with Crippen molar-refractivity contribution in [1.82, 2.24) is 15.5 Å². The van der Waals surface area contributed by atoms with Gasteiger partial charge in [-0.15, -0.1) is 0 Å². The standard InChI is InChI=1S/C35H45N3O7/c1-35(2,3)45-33(42)37-27(18-23-12-6-4-7-13-23)30(40)21-36-22-31(41)28(19-24-14-8-5-9-15-24)38(34(43)44)32-26-17-11-10-16-25(26)20-29(32)39/h4-17,27-32,36,39-41H,18-22H2,1-3H3,(H,37,42)(H,43,44)/t27-,28-,29?,30+,31+,32?/m0/s1. The molecule has 3 aromatic carbocycles. The largest absolute Gasteiger partial charge is 0.465 e. The number of rotatable bonds is 13. The zero-order valence-corrected chi connectivity index (χ0v) is 26.0. The molecule has 0 bridgehead atoms. The summed E-state index contributed by atoms with van der Waals surface area (Å²) in [7, 11) is 0. The molecule has 0 heterocycles. The molecule has 0 aliphatic heterocycles. The second-order valence-corrected chi connectivity index (χ2v) is 12.6. The highest BCUT2D eigenvalue weighted by Crippen LogP contribution is 2.38. The maximum atomic E-state index is 12.8. The normalized spacial score (nSPS) is 18.7. The van der Waals surface area contributed by atoms with E-state index >= 15 is 0 Å². The van der Waals surface area contributed by atoms with Crippen LogP contribution in [0.25, 0.3) is 0 Å². The maximum absolute atomic E-state index is 12.8. The monoisotopic (exact) mass is 619 g/mol. The number of ether oxygens (including phenoxy) is 1. The SMILES string of the molecule is CC(C)(C)OC(=O)N[C@@H](Cc1ccccc1)[C@H](O)CNC[C@@H](O)[C@H](Cc1ccccc1)N(C(=O)O)C1c2ccccc2CC1O. The lowest BCUT2D eigenvalue weighted by Gasteiger charge is -2.39. The summed E-state index contributed by atoms with van der Waals surface area (Å²) in [6, 6.07) is 23.6. The zero-order chi connectivity index (χ0) is 32.6. The number of alkyl carbamates (subject to hydrolysis) is 1. The molecule has 0 saturated carbocycles. The number of hydrogen-bond acceptors (Lipinski definition) is 7. The van der Waals surface area contributed by atoms with Crippen molar-refractivity contribution in [2.45, 2.75) is 82.1 Å². The quantitative estimate of drug-likeness (QED) is 0.170. The van der Waals surface area contributed by atoms with Crippen molar-refractivity contribution in [3.63, 3.8) is 0 Å². The lowest BCUT2D eigenvalue weighted by molar-refractivity contribution is -0.00757. The average molecular weight is 620 g/mol. The van der Waals surface area contributed by atoms with E-state index in [-0.39, 0.29) is 19.5 Å². The molecule has 0 spiro atoms. The Morgan fingerprint density at radius 3 is 2.02 bits per heavy atom. The summed E-state index contributed by atoms with van der Waals surface area (Å²) in [5, 5.41) is 50.0. The molecule has 1 aliphatic rings. The van der Waals surface area contributed by atoms with Gasteiger partial charge in [0.15, 0.2) is 0 Å². The zero-order valence-electron chi connectivity index (χ0n) is 26.0. The van der Waals surface area contributed by atoms with E-state index in [1.165, 1.54) is 4.90 Å². The van der Waals surface area contributed by atoms with Crippen molar-refractivity contribution in [3.8, 4) is 0 Å². The Hall–Kier alpha value is -3.96. The first-order valence-electron chi connectivity index (χ1n) is 15.3. The topological polar surface area (TPSA) is 152 Å². The third-order valence-electron chi connectivity index (χ3n) is 7.95. The van der Waals surface area contributed by atoms with Crippen molar-refractivity contribution in [1.29, 1.82) is 0 Å². The number of nitrogens with one attached hydrogen (secondary N) is 2. The molecule has 2 unspecified atom stereocenters. The first-order chi connectivity index (χ1) is 21.4. The van der Waals surface area contributed by atoms with Crippen molar-refractivity contribution in [2.24, 2.45) is 0 Å². The number of aliphatic hydroxyl groups excluding tert-OH is 3. The van der Waals surface area contributed by atoms with Crippen LogP contribution in [0.15, 0.2) is 84.9 Å². The molecule has 10 nitrogen and oxygen atoms in total. The van der Waals surface area contributed by atoms with Gasteiger partial charge in [0.2, 0.25) is 0 Å². The molecular weight excluding hydrogens is 574 g/mol. The average Bonchev–Trinajstić information content (AvgIpc) is 3.31. The molecule has 10 heteroatoms. The third-order valence-corrected chi connectivity index (χ3v) is 7.95. The van der Waals surface area contributed by atoms with E-state index in [1.54, 1.807) is 20.8 Å². The van der Waals surface area contributed by atoms with Gasteiger partial charge in [0.1, 0.15) is 5.60 Å². The molecule has 1 aliphatic carbocycles. The highest BCUT2D eigenvalue weighted by Gasteiger charge is 2.43. The van der Waals surface area contributed by atoms with Crippen LogP contribution in [0.4, 0.5) is 9.59 Å². The smallest absolute Gasteiger partial charge is 0.408 e. The van der Waals surface area contributed by atoms with Gasteiger partial charge in [-0.25, -0.2) is 9.59 Å². The molecule has 0 aromatic heterocycles. The van der Waals surface area contributed by atoms with Crippen LogP contribution in [0.5, 0.6) is 0 Å². The second-order valence-electron chi connectivity index (χ2n) is 12.6. The molecular formula is C35H45N3O7. The fourth-order valence-corrected chi connectivity index (χ4v) is 5.90. The number of fused-ring (bicyclic) bond motifs is 1. The fourth-order valence-electron chi connectivity index (χ4n) is 5.90. The van der Waals surface area contributed by atoms with E-state index in [4.69, 9.17) is 4.74 Å². The lowest BCUT2D eigenvalue weighted by Crippen LogP contribution is -2.55. The van der Waals surface area contributed by atoms with E-state index < -0.39 is 54.2 Å². The van der Waals surface area contributed by atoms with Crippen molar-refractivity contribution in [2.75, 3.05) is 13.1 Å². The molecule has 6 N–H and O–H groups in total. The van der Waals surface area contributed by atoms with Gasteiger partial charge in [-0.2, -0.15) is 0 Å². The number of aliphatic hydroxyl groups is 3. The molecule has 6 atom stereocenters. The minimum atomic E-state index is -1.25. The molecule has 0 radical (unpaired) electrons. The summed E-state index contributed by atoms with van der Waals surface area (Å²) in [6.07, 6.45) is -4.25. The van der Waals surface area contributed by atoms with Gasteiger partial charge in [-0.05, 0) is 55.9 Å². The molecule has 0 fully saturated rings. The maximum Gasteiger partial charge on any atom is 0.408 e. The summed E-state index contributed by atoms with van der Waals surface area (Å²) in [6.45, 7) is 5.23. The van der Waals surface area contributed by atoms with Gasteiger partial charge >= 0.3 is 12.2 Å². The van der Waals surface area contributed by atoms with E-state index in [9.17, 15) is 30.0 Å². The Morgan fingerprint density at radius 1 is 0.867 bits per heavy atom. The van der Waals surface area contributed by atoms with Crippen molar-refractivity contribution < 1.29 is 34.8 Å². The summed E-state index contributed by atoms with van der Waals surface area (Å²) in [5.41, 5.74) is 2.62. The lowest BCUT2D eigenvalue weighted by atomic mass is 9.95. The van der Waals surface area contributed by atoms with Gasteiger partial charge in [-0.3, -0.25) is 4.90 Å². The van der Waals surface area contributed by atoms with Crippen LogP contribution in [0.1, 0.15) is 49.1 Å². The predicted octanol–water partition coefficient (Wildman–Crippen LogP) is 3.68. The van der Waals surface area contributed by atoms with Crippen LogP contribution < -0.4 is 10.6 Å². The summed E-state index contributed by atoms with van der Waals surface area (Å²) in [4.78, 5) is 26.6. The van der Waals surface area contributed by atoms with E-state index in [1.807, 2.05) is 84.9 Å². The van der Waals surface area contributed by atoms with Gasteiger partial charge in [-0.1, -0.05) is 84.9 Å². The summed E-state index contributed by atoms with van der Waals surface area (Å²) in [5.74, 6) is 0. The Morgan fingerprint density at radius 2 is 1.42 bits per heavy atom. The first kappa shape index (κ1) is 33.9. The number of hydrogen-bond donors (Lipinski definition) is 6. The van der Waals surface area contributed by atoms with Crippen molar-refractivity contribution in [3.05, 3.63) is 107 Å². The Labute approximate surface area is 264 Å². The number of nitrogens with zero attached hydrogens (tertiary/aromatic N) is 1. The minimum Gasteiger partial charge on any atom is -0.465 e. The molecule has 2 amide bonds. The number of carbonyl (C=O) groups excluding carboxylic acids is 1. The third kappa shape index (κ3) is 9.51. The van der Waals surface area contributed by atoms with Crippen LogP contribution in [-0.2, 0) is 24.0 Å². The highest BCUT2D eigenvalue weighted by atomic mass is 16.6. The predicted molar refractivity (Wildman–Crippen MR) is 171 cm³/mol. The minimum absolute atomic E-state index is 0.00434. The van der Waals surface area contributed by atoms with Gasteiger partial charge < -0.3 is 35.8 Å². The summed E-state index contributed by atoms with van der Waals surface area (Å²) >= 11 is 0. The number of carbonyl (C=O) groups is 2. The van der Waals surface area contributed by atoms with Crippen molar-refractivity contribution >= 4 is 12.2 Å². The Bertz CT molecular complexity index is 1380. The van der Waals surface area contributed by atoms with Crippen LogP contribution in [0.2, 0.25) is 0 Å². The second kappa shape index (κ2) is 15.4. The van der Waals surface area contributed by atoms with Gasteiger partial charge in [0.25, 0.3) is 0 Å². The number of benzene rings is 3. The van der Waals surface area contributed by atoms with Crippen LogP contribution >= 0.6 is 0 Å². The Kier molecular flexibility index (Phi) is 11.6. The van der Waals surface area contributed by atoms with Crippen LogP contribution in [0.3, 0.4) is 0 Å². The van der Waals surface area contributed by atoms with Crippen LogP contribution in [-0.4, -0.2) is 86.6 Å².